The SMILES string of the molecule is C#CONC(C)[C@H]1[C@H](C=O)C[C@H](C(C)=O)N1C.C#CONC(C)[C@H]1[C@H](C=O)C[C@H](C(C)=O)N1C.C#CONC(C)[C@H]1[CH-]C[C@H](C(=O)O)N1.C#CONC(C)[C@H]1[CH-]C[C@H](C(C)=O)N1C.CC[C@@H]1C[C@H](C(C)=O)N(C)[C@H]1C(C)O.CC[C@@H]1C[C@H](C(C)=O)N(C)[C@H]1C(O)CO.CC[C@@H]1C[C@H](C(C)=O)N[C@H]1C(O)CO.[Y].[Y]. The zero-order valence-corrected chi connectivity index (χ0v) is 72.7. The largest absolute Gasteiger partial charge is 0.480 e. The van der Waals surface area contributed by atoms with Crippen LogP contribution in [0.3, 0.4) is 0 Å². The molecular weight excluding hydrogens is 1550 g/mol. The van der Waals surface area contributed by atoms with Crippen molar-refractivity contribution in [3.63, 3.8) is 0 Å². The molecule has 7 unspecified atom stereocenters. The molecule has 7 saturated heterocycles. The van der Waals surface area contributed by atoms with Gasteiger partial charge in [0.15, 0.2) is 0 Å². The number of likely N-dealkylation sites (tertiary alicyclic amines) is 5. The fourth-order valence-corrected chi connectivity index (χ4v) is 16.1. The van der Waals surface area contributed by atoms with E-state index in [9.17, 15) is 58.5 Å². The number of nitrogens with zero attached hydrogens (tertiary/aromatic N) is 5. The predicted molar refractivity (Wildman–Crippen MR) is 399 cm³/mol. The summed E-state index contributed by atoms with van der Waals surface area (Å²) in [6, 6.07) is -1.53. The van der Waals surface area contributed by atoms with Gasteiger partial charge in [0.1, 0.15) is 71.7 Å². The number of ketones is 6. The van der Waals surface area contributed by atoms with Crippen molar-refractivity contribution in [1.29, 1.82) is 0 Å². The number of aldehydes is 2. The van der Waals surface area contributed by atoms with E-state index in [1.807, 2.05) is 126 Å². The van der Waals surface area contributed by atoms with Crippen molar-refractivity contribution in [2.45, 2.75) is 288 Å². The summed E-state index contributed by atoms with van der Waals surface area (Å²) in [4.78, 5) is 129. The molecule has 0 spiro atoms. The minimum atomic E-state index is -0.839. The van der Waals surface area contributed by atoms with Gasteiger partial charge in [-0.3, -0.25) is 53.2 Å². The summed E-state index contributed by atoms with van der Waals surface area (Å²) in [7, 11) is 9.42. The molecule has 0 aromatic carbocycles. The second-order valence-electron chi connectivity index (χ2n) is 28.8. The van der Waals surface area contributed by atoms with Gasteiger partial charge in [-0.05, 0) is 161 Å². The molecule has 0 aliphatic carbocycles. The van der Waals surface area contributed by atoms with Gasteiger partial charge in [0.2, 0.25) is 0 Å². The number of Topliss-reactive ketones (excluding diaryl/α,β-unsaturated/α-hetero) is 6. The second kappa shape index (κ2) is 54.5. The van der Waals surface area contributed by atoms with E-state index in [0.717, 1.165) is 57.5 Å². The average molecular weight is 1680 g/mol. The molecule has 0 aromatic heterocycles. The van der Waals surface area contributed by atoms with Crippen molar-refractivity contribution in [3.8, 4) is 50.1 Å². The Bertz CT molecular complexity index is 2850. The average Bonchev–Trinajstić information content (AvgIpc) is 1.68. The first-order chi connectivity index (χ1) is 49.9. The Morgan fingerprint density at radius 3 is 1.15 bits per heavy atom. The molecule has 7 aliphatic heterocycles. The third-order valence-corrected chi connectivity index (χ3v) is 21.8. The van der Waals surface area contributed by atoms with Crippen LogP contribution in [0.2, 0.25) is 0 Å². The molecule has 7 rings (SSSR count). The van der Waals surface area contributed by atoms with E-state index in [4.69, 9.17) is 55.5 Å². The molecule has 26 atom stereocenters. The van der Waals surface area contributed by atoms with Crippen LogP contribution in [0.25, 0.3) is 0 Å². The van der Waals surface area contributed by atoms with Gasteiger partial charge in [-0.1, -0.05) is 77.8 Å². The first-order valence-corrected chi connectivity index (χ1v) is 36.6. The van der Waals surface area contributed by atoms with Crippen LogP contribution in [0.15, 0.2) is 0 Å². The summed E-state index contributed by atoms with van der Waals surface area (Å²) in [6.07, 6.45) is 39.6. The summed E-state index contributed by atoms with van der Waals surface area (Å²) in [6.45, 7) is 24.6. The maximum absolute atomic E-state index is 11.5. The van der Waals surface area contributed by atoms with Crippen LogP contribution in [0.1, 0.15) is 161 Å². The van der Waals surface area contributed by atoms with E-state index >= 15 is 0 Å². The van der Waals surface area contributed by atoms with Crippen LogP contribution in [0, 0.1) is 92.6 Å². The Labute approximate surface area is 692 Å². The molecule has 0 amide bonds. The Morgan fingerprint density at radius 2 is 0.833 bits per heavy atom. The standard InChI is InChI=1S/2C12H18N2O3.C11H17N2O2.C11H21NO3.C11H21NO2.C10H19NO3.C9H13N2O3.2Y/c2*1-5-17-13-8(2)12-10(7-15)6-11(9(3)16)14(12)4;1-5-15-12-8(2)10-6-7-11(9(3)14)13(10)4;1-4-8-5-9(7(2)14)12(3)11(8)10(15)6-13;1-5-9-6-10(7(2)13)12(4)11(9)8(3)14;1-3-7-4-8(6(2)13)11-10(7)9(14)5-12;1-3-14-11-6(2)7-4-5-8(10-7)9(12)13;;/h2*1,7-8,10-13H,6H2,2-4H3;1,6,8,10-12H,7H2,2-4H3;8-11,13,15H,4-6H2,1-3H3;8-11,14H,5-6H2,1-4H3;7-12,14H,3-5H2,1-2H3;1,4,6-8,10-11H,5H2,2H3,(H,12,13);;/q;;-1;;;;-1;;/t2*8?,10-,11+,12-;8?,10-,11-;8-,9-,10?,11-;8?,9-,10-,11+;7-,8-,9?,10-;6?,7-,8-;;/m0011111../s1. The number of hydrogen-bond donors (Lipinski definition) is 12. The summed E-state index contributed by atoms with van der Waals surface area (Å²) in [5.41, 5.74) is 10.7. The minimum absolute atomic E-state index is 0. The number of likely N-dealkylation sites (N-methyl/N-ethyl adjacent to an activating group) is 5. The number of nitrogens with one attached hydrogen (secondary N) is 6. The number of terminal acetylenes is 4. The monoisotopic (exact) mass is 1680 g/mol. The molecule has 32 heteroatoms. The van der Waals surface area contributed by atoms with E-state index < -0.39 is 24.2 Å². The van der Waals surface area contributed by atoms with Gasteiger partial charge in [0.05, 0.1) is 79.9 Å². The Hall–Kier alpha value is -4.16. The first kappa shape index (κ1) is 106. The van der Waals surface area contributed by atoms with Crippen molar-refractivity contribution >= 4 is 53.2 Å². The second-order valence-corrected chi connectivity index (χ2v) is 28.8. The molecule has 7 heterocycles. The van der Waals surface area contributed by atoms with E-state index in [0.29, 0.717) is 31.1 Å². The zero-order chi connectivity index (χ0) is 81.2. The molecule has 7 fully saturated rings. The molecule has 0 aromatic rings. The van der Waals surface area contributed by atoms with Gasteiger partial charge >= 0.3 is 5.97 Å². The normalized spacial score (nSPS) is 31.1. The van der Waals surface area contributed by atoms with Gasteiger partial charge in [-0.2, -0.15) is 12.8 Å². The molecular formula is C76H127N11O19Y2-2. The predicted octanol–water partition coefficient (Wildman–Crippen LogP) is 0.549. The Morgan fingerprint density at radius 1 is 0.472 bits per heavy atom. The molecule has 7 aliphatic rings. The number of hydrogen-bond acceptors (Lipinski definition) is 29. The van der Waals surface area contributed by atoms with Crippen LogP contribution in [-0.4, -0.2) is 284 Å². The van der Waals surface area contributed by atoms with Crippen LogP contribution >= 0.6 is 0 Å². The number of carboxylic acid groups (broad SMARTS) is 1. The van der Waals surface area contributed by atoms with Gasteiger partial charge < -0.3 is 88.0 Å². The maximum atomic E-state index is 11.5. The number of carboxylic acids is 1. The van der Waals surface area contributed by atoms with Gasteiger partial charge in [0.25, 0.3) is 0 Å². The molecule has 2 radical (unpaired) electrons. The third-order valence-electron chi connectivity index (χ3n) is 21.8. The topological polar surface area (TPSA) is 400 Å². The molecule has 30 nitrogen and oxygen atoms in total. The van der Waals surface area contributed by atoms with Crippen LogP contribution in [0.4, 0.5) is 0 Å². The van der Waals surface area contributed by atoms with E-state index in [1.165, 1.54) is 0 Å². The van der Waals surface area contributed by atoms with Crippen molar-refractivity contribution in [3.05, 3.63) is 12.8 Å². The van der Waals surface area contributed by atoms with Crippen LogP contribution in [0.5, 0.6) is 0 Å². The molecule has 608 valence electrons. The number of carbonyl (C=O) groups excluding carboxylic acids is 8. The quantitative estimate of drug-likeness (QED) is 0.0211. The number of rotatable bonds is 29. The van der Waals surface area contributed by atoms with E-state index in [2.05, 4.69) is 63.8 Å². The summed E-state index contributed by atoms with van der Waals surface area (Å²) < 4.78 is 0. The van der Waals surface area contributed by atoms with E-state index in [1.54, 1.807) is 41.5 Å². The number of carbonyl (C=O) groups is 9. The van der Waals surface area contributed by atoms with Crippen LogP contribution in [-0.2, 0) is 128 Å². The smallest absolute Gasteiger partial charge is 0.317 e. The fraction of sp³-hybridized carbons (Fsp3) is 0.750. The van der Waals surface area contributed by atoms with E-state index in [-0.39, 0.29) is 240 Å². The van der Waals surface area contributed by atoms with Crippen molar-refractivity contribution in [1.82, 2.24) is 57.1 Å². The van der Waals surface area contributed by atoms with Gasteiger partial charge in [-0.25, -0.2) is 0 Å². The number of aliphatic hydroxyl groups excluding tert-OH is 5. The summed E-state index contributed by atoms with van der Waals surface area (Å²) in [5, 5.41) is 61.5. The molecule has 12 N–H and O–H groups in total. The summed E-state index contributed by atoms with van der Waals surface area (Å²) >= 11 is 0. The van der Waals surface area contributed by atoms with Gasteiger partial charge in [-0.15, -0.1) is 21.9 Å². The number of aliphatic carboxylic acids is 1. The first-order valence-electron chi connectivity index (χ1n) is 36.6. The molecule has 108 heavy (non-hydrogen) atoms. The molecule has 0 saturated carbocycles. The molecule has 0 bridgehead atoms. The number of aliphatic hydroxyl groups is 5. The van der Waals surface area contributed by atoms with Crippen LogP contribution < -0.4 is 32.6 Å². The van der Waals surface area contributed by atoms with Crippen molar-refractivity contribution in [2.24, 2.45) is 29.6 Å². The number of hydroxylamine groups is 4. The minimum Gasteiger partial charge on any atom is -0.480 e. The van der Waals surface area contributed by atoms with Crippen molar-refractivity contribution < 1.29 is 159 Å². The Kier molecular flexibility index (Phi) is 53.5. The fourth-order valence-electron chi connectivity index (χ4n) is 16.1. The van der Waals surface area contributed by atoms with Crippen molar-refractivity contribution in [2.75, 3.05) is 48.5 Å². The van der Waals surface area contributed by atoms with Gasteiger partial charge in [0, 0.05) is 126 Å². The zero-order valence-electron chi connectivity index (χ0n) is 67.0. The summed E-state index contributed by atoms with van der Waals surface area (Å²) in [5.74, 6) is 0.643. The third kappa shape index (κ3) is 32.0. The Balaban J connectivity index is 0. The maximum Gasteiger partial charge on any atom is 0.317 e.